The fraction of sp³-hybridized carbons (Fsp3) is 0.188. The summed E-state index contributed by atoms with van der Waals surface area (Å²) < 4.78 is 14.4. The van der Waals surface area contributed by atoms with E-state index in [4.69, 9.17) is 0 Å². The first-order valence-corrected chi connectivity index (χ1v) is 7.17. The number of carbonyl (C=O) groups excluding carboxylic acids is 1. The number of benzene rings is 2. The van der Waals surface area contributed by atoms with Crippen molar-refractivity contribution >= 4 is 27.5 Å². The number of hydrogen-bond acceptors (Lipinski definition) is 1. The molecule has 4 heteroatoms. The standard InChI is InChI=1S/C16H15BrFNO/c1-3-19(14-10-5-4-7-11(14)2)16(20)15-12(17)8-6-9-13(15)18/h4-10H,3H2,1-2H3. The maximum absolute atomic E-state index is 13.9. The highest BCUT2D eigenvalue weighted by molar-refractivity contribution is 9.10. The Morgan fingerprint density at radius 3 is 2.50 bits per heavy atom. The average Bonchev–Trinajstić information content (AvgIpc) is 2.41. The minimum atomic E-state index is -0.517. The second-order valence-corrected chi connectivity index (χ2v) is 5.29. The van der Waals surface area contributed by atoms with Gasteiger partial charge < -0.3 is 4.90 Å². The molecule has 0 bridgehead atoms. The first kappa shape index (κ1) is 14.7. The minimum Gasteiger partial charge on any atom is -0.308 e. The number of nitrogens with zero attached hydrogens (tertiary/aromatic N) is 1. The third-order valence-corrected chi connectivity index (χ3v) is 3.81. The van der Waals surface area contributed by atoms with Crippen molar-refractivity contribution in [2.24, 2.45) is 0 Å². The molecule has 0 fully saturated rings. The second kappa shape index (κ2) is 6.18. The smallest absolute Gasteiger partial charge is 0.262 e. The van der Waals surface area contributed by atoms with Gasteiger partial charge >= 0.3 is 0 Å². The predicted octanol–water partition coefficient (Wildman–Crippen LogP) is 4.56. The molecule has 0 aliphatic rings. The topological polar surface area (TPSA) is 20.3 Å². The first-order chi connectivity index (χ1) is 9.56. The van der Waals surface area contributed by atoms with E-state index in [0.29, 0.717) is 11.0 Å². The molecule has 0 aliphatic heterocycles. The zero-order valence-electron chi connectivity index (χ0n) is 11.4. The zero-order valence-corrected chi connectivity index (χ0v) is 12.9. The quantitative estimate of drug-likeness (QED) is 0.804. The Balaban J connectivity index is 2.48. The van der Waals surface area contributed by atoms with E-state index >= 15 is 0 Å². The van der Waals surface area contributed by atoms with E-state index in [1.54, 1.807) is 17.0 Å². The molecule has 0 radical (unpaired) electrons. The summed E-state index contributed by atoms with van der Waals surface area (Å²) in [6.45, 7) is 4.28. The lowest BCUT2D eigenvalue weighted by Crippen LogP contribution is -2.32. The average molecular weight is 336 g/mol. The molecule has 2 rings (SSSR count). The van der Waals surface area contributed by atoms with Gasteiger partial charge in [-0.25, -0.2) is 4.39 Å². The van der Waals surface area contributed by atoms with Gasteiger partial charge in [0.1, 0.15) is 5.82 Å². The van der Waals surface area contributed by atoms with E-state index in [-0.39, 0.29) is 11.5 Å². The van der Waals surface area contributed by atoms with E-state index in [1.165, 1.54) is 6.07 Å². The number of hydrogen-bond donors (Lipinski definition) is 0. The Bertz CT molecular complexity index is 622. The third kappa shape index (κ3) is 2.75. The Labute approximate surface area is 126 Å². The lowest BCUT2D eigenvalue weighted by molar-refractivity contribution is 0.0983. The molecular weight excluding hydrogens is 321 g/mol. The summed E-state index contributed by atoms with van der Waals surface area (Å²) >= 11 is 3.25. The number of amides is 1. The van der Waals surface area contributed by atoms with Gasteiger partial charge in [-0.2, -0.15) is 0 Å². The largest absolute Gasteiger partial charge is 0.308 e. The van der Waals surface area contributed by atoms with Crippen LogP contribution < -0.4 is 4.90 Å². The molecule has 0 aromatic heterocycles. The van der Waals surface area contributed by atoms with Gasteiger partial charge in [0.25, 0.3) is 5.91 Å². The second-order valence-electron chi connectivity index (χ2n) is 4.43. The molecule has 0 saturated heterocycles. The van der Waals surface area contributed by atoms with Crippen LogP contribution in [0, 0.1) is 12.7 Å². The lowest BCUT2D eigenvalue weighted by Gasteiger charge is -2.23. The highest BCUT2D eigenvalue weighted by atomic mass is 79.9. The highest BCUT2D eigenvalue weighted by Crippen LogP contribution is 2.26. The Kier molecular flexibility index (Phi) is 4.55. The molecular formula is C16H15BrFNO. The third-order valence-electron chi connectivity index (χ3n) is 3.14. The molecule has 0 aliphatic carbocycles. The summed E-state index contributed by atoms with van der Waals surface area (Å²) in [5.74, 6) is -0.858. The van der Waals surface area contributed by atoms with Crippen molar-refractivity contribution in [1.29, 1.82) is 0 Å². The zero-order chi connectivity index (χ0) is 14.7. The molecule has 2 aromatic carbocycles. The van der Waals surface area contributed by atoms with Gasteiger partial charge in [0.15, 0.2) is 0 Å². The molecule has 0 unspecified atom stereocenters. The van der Waals surface area contributed by atoms with Crippen LogP contribution >= 0.6 is 15.9 Å². The number of carbonyl (C=O) groups is 1. The Morgan fingerprint density at radius 2 is 1.90 bits per heavy atom. The van der Waals surface area contributed by atoms with Crippen LogP contribution in [0.1, 0.15) is 22.8 Å². The van der Waals surface area contributed by atoms with E-state index in [9.17, 15) is 9.18 Å². The van der Waals surface area contributed by atoms with Crippen LogP contribution in [0.3, 0.4) is 0 Å². The first-order valence-electron chi connectivity index (χ1n) is 6.37. The summed E-state index contributed by atoms with van der Waals surface area (Å²) in [5.41, 5.74) is 1.85. The molecule has 0 heterocycles. The molecule has 0 atom stereocenters. The van der Waals surface area contributed by atoms with Crippen molar-refractivity contribution in [2.45, 2.75) is 13.8 Å². The van der Waals surface area contributed by atoms with E-state index in [2.05, 4.69) is 15.9 Å². The SMILES string of the molecule is CCN(C(=O)c1c(F)cccc1Br)c1ccccc1C. The summed E-state index contributed by atoms with van der Waals surface area (Å²) in [6, 6.07) is 12.1. The van der Waals surface area contributed by atoms with Crippen LogP contribution in [0.2, 0.25) is 0 Å². The number of halogens is 2. The fourth-order valence-corrected chi connectivity index (χ4v) is 2.64. The van der Waals surface area contributed by atoms with Crippen molar-refractivity contribution in [3.05, 3.63) is 63.9 Å². The van der Waals surface area contributed by atoms with Crippen LogP contribution in [0.4, 0.5) is 10.1 Å². The number of aryl methyl sites for hydroxylation is 1. The molecule has 0 N–H and O–H groups in total. The van der Waals surface area contributed by atoms with Gasteiger partial charge in [-0.1, -0.05) is 24.3 Å². The highest BCUT2D eigenvalue weighted by Gasteiger charge is 2.22. The maximum Gasteiger partial charge on any atom is 0.262 e. The number of anilines is 1. The number of rotatable bonds is 3. The van der Waals surface area contributed by atoms with Crippen LogP contribution in [-0.4, -0.2) is 12.5 Å². The van der Waals surface area contributed by atoms with Gasteiger partial charge in [-0.15, -0.1) is 0 Å². The van der Waals surface area contributed by atoms with Gasteiger partial charge in [0, 0.05) is 16.7 Å². The van der Waals surface area contributed by atoms with Crippen molar-refractivity contribution in [3.63, 3.8) is 0 Å². The van der Waals surface area contributed by atoms with E-state index in [1.807, 2.05) is 38.1 Å². The van der Waals surface area contributed by atoms with E-state index in [0.717, 1.165) is 11.3 Å². The number of para-hydroxylation sites is 1. The van der Waals surface area contributed by atoms with Crippen molar-refractivity contribution in [1.82, 2.24) is 0 Å². The summed E-state index contributed by atoms with van der Waals surface area (Å²) in [5, 5.41) is 0. The molecule has 1 amide bonds. The van der Waals surface area contributed by atoms with Crippen LogP contribution in [0.5, 0.6) is 0 Å². The molecule has 0 spiro atoms. The normalized spacial score (nSPS) is 10.4. The molecule has 104 valence electrons. The monoisotopic (exact) mass is 335 g/mol. The maximum atomic E-state index is 13.9. The van der Waals surface area contributed by atoms with Crippen LogP contribution in [0.25, 0.3) is 0 Å². The van der Waals surface area contributed by atoms with Crippen LogP contribution in [0.15, 0.2) is 46.9 Å². The van der Waals surface area contributed by atoms with Crippen molar-refractivity contribution < 1.29 is 9.18 Å². The van der Waals surface area contributed by atoms with Crippen molar-refractivity contribution in [2.75, 3.05) is 11.4 Å². The van der Waals surface area contributed by atoms with Crippen LogP contribution in [-0.2, 0) is 0 Å². The summed E-state index contributed by atoms with van der Waals surface area (Å²) in [6.07, 6.45) is 0. The van der Waals surface area contributed by atoms with Gasteiger partial charge in [0.05, 0.1) is 5.56 Å². The van der Waals surface area contributed by atoms with Gasteiger partial charge in [-0.05, 0) is 53.5 Å². The molecule has 2 nitrogen and oxygen atoms in total. The predicted molar refractivity (Wildman–Crippen MR) is 82.6 cm³/mol. The summed E-state index contributed by atoms with van der Waals surface area (Å²) in [7, 11) is 0. The van der Waals surface area contributed by atoms with E-state index < -0.39 is 5.82 Å². The Hall–Kier alpha value is -1.68. The fourth-order valence-electron chi connectivity index (χ4n) is 2.13. The summed E-state index contributed by atoms with van der Waals surface area (Å²) in [4.78, 5) is 14.2. The molecule has 20 heavy (non-hydrogen) atoms. The Morgan fingerprint density at radius 1 is 1.20 bits per heavy atom. The van der Waals surface area contributed by atoms with Crippen molar-refractivity contribution in [3.8, 4) is 0 Å². The van der Waals surface area contributed by atoms with Gasteiger partial charge in [-0.3, -0.25) is 4.79 Å². The molecule has 0 saturated carbocycles. The lowest BCUT2D eigenvalue weighted by atomic mass is 10.1. The minimum absolute atomic E-state index is 0.0672. The molecule has 2 aromatic rings. The van der Waals surface area contributed by atoms with Gasteiger partial charge in [0.2, 0.25) is 0 Å².